The average molecular weight is 134 g/mol. The quantitative estimate of drug-likeness (QED) is 0.618. The number of hydrogen-bond donors (Lipinski definition) is 0. The molecule has 1 heteroatoms. The van der Waals surface area contributed by atoms with Gasteiger partial charge in [0.2, 0.25) is 0 Å². The maximum Gasteiger partial charge on any atom is 0.0441 e. The fraction of sp³-hybridized carbons (Fsp3) is 0.333. The highest BCUT2D eigenvalue weighted by atomic mass is 14.7. The number of hydrogen-bond acceptors (Lipinski definition) is 1. The lowest BCUT2D eigenvalue weighted by atomic mass is 10.2. The van der Waals surface area contributed by atoms with E-state index in [0.29, 0.717) is 0 Å². The van der Waals surface area contributed by atoms with E-state index in [4.69, 9.17) is 0 Å². The van der Waals surface area contributed by atoms with Crippen LogP contribution in [0.2, 0.25) is 0 Å². The SMILES string of the molecule is CCC[CH]c1ccccn1. The van der Waals surface area contributed by atoms with E-state index in [1.165, 1.54) is 6.42 Å². The van der Waals surface area contributed by atoms with E-state index in [9.17, 15) is 0 Å². The molecule has 0 fully saturated rings. The van der Waals surface area contributed by atoms with Gasteiger partial charge in [0.05, 0.1) is 0 Å². The second kappa shape index (κ2) is 4.04. The summed E-state index contributed by atoms with van der Waals surface area (Å²) in [5.41, 5.74) is 1.09. The van der Waals surface area contributed by atoms with Crippen molar-refractivity contribution in [3.63, 3.8) is 0 Å². The molecule has 53 valence electrons. The minimum Gasteiger partial charge on any atom is -0.261 e. The predicted octanol–water partition coefficient (Wildman–Crippen LogP) is 2.43. The first kappa shape index (κ1) is 7.26. The van der Waals surface area contributed by atoms with Gasteiger partial charge in [-0.3, -0.25) is 4.98 Å². The number of rotatable bonds is 3. The molecule has 0 aliphatic carbocycles. The molecule has 1 heterocycles. The molecule has 10 heavy (non-hydrogen) atoms. The van der Waals surface area contributed by atoms with E-state index >= 15 is 0 Å². The third-order valence-corrected chi connectivity index (χ3v) is 1.33. The van der Waals surface area contributed by atoms with E-state index in [1.54, 1.807) is 0 Å². The summed E-state index contributed by atoms with van der Waals surface area (Å²) in [7, 11) is 0. The Morgan fingerprint density at radius 2 is 2.40 bits per heavy atom. The Balaban J connectivity index is 2.43. The van der Waals surface area contributed by atoms with Crippen molar-refractivity contribution in [2.75, 3.05) is 0 Å². The van der Waals surface area contributed by atoms with Gasteiger partial charge in [0.25, 0.3) is 0 Å². The summed E-state index contributed by atoms with van der Waals surface area (Å²) in [6.45, 7) is 2.17. The topological polar surface area (TPSA) is 12.9 Å². The minimum atomic E-state index is 1.09. The highest BCUT2D eigenvalue weighted by Gasteiger charge is 1.89. The zero-order valence-corrected chi connectivity index (χ0v) is 6.25. The highest BCUT2D eigenvalue weighted by Crippen LogP contribution is 2.02. The Hall–Kier alpha value is -0.850. The number of aromatic nitrogens is 1. The van der Waals surface area contributed by atoms with Crippen LogP contribution in [0.15, 0.2) is 24.4 Å². The van der Waals surface area contributed by atoms with E-state index in [2.05, 4.69) is 18.3 Å². The maximum atomic E-state index is 4.16. The Bertz CT molecular complexity index is 169. The smallest absolute Gasteiger partial charge is 0.0441 e. The van der Waals surface area contributed by atoms with Crippen molar-refractivity contribution in [3.05, 3.63) is 36.5 Å². The van der Waals surface area contributed by atoms with Crippen LogP contribution in [0, 0.1) is 6.42 Å². The van der Waals surface area contributed by atoms with Crippen molar-refractivity contribution in [2.24, 2.45) is 0 Å². The summed E-state index contributed by atoms with van der Waals surface area (Å²) in [4.78, 5) is 4.16. The molecule has 0 unspecified atom stereocenters. The van der Waals surface area contributed by atoms with Crippen LogP contribution in [0.1, 0.15) is 25.5 Å². The molecule has 0 amide bonds. The maximum absolute atomic E-state index is 4.16. The molecule has 1 aromatic heterocycles. The Morgan fingerprint density at radius 3 is 3.00 bits per heavy atom. The van der Waals surface area contributed by atoms with Gasteiger partial charge in [-0.05, 0) is 18.6 Å². The van der Waals surface area contributed by atoms with Gasteiger partial charge in [0.15, 0.2) is 0 Å². The van der Waals surface area contributed by atoms with E-state index in [1.807, 2.05) is 24.4 Å². The molecule has 0 aromatic carbocycles. The minimum absolute atomic E-state index is 1.09. The zero-order chi connectivity index (χ0) is 7.23. The summed E-state index contributed by atoms with van der Waals surface area (Å²) < 4.78 is 0. The number of nitrogens with zero attached hydrogens (tertiary/aromatic N) is 1. The second-order valence-corrected chi connectivity index (χ2v) is 2.25. The third-order valence-electron chi connectivity index (χ3n) is 1.33. The van der Waals surface area contributed by atoms with Gasteiger partial charge in [-0.15, -0.1) is 0 Å². The fourth-order valence-corrected chi connectivity index (χ4v) is 0.789. The van der Waals surface area contributed by atoms with Crippen molar-refractivity contribution < 1.29 is 0 Å². The van der Waals surface area contributed by atoms with Gasteiger partial charge in [0.1, 0.15) is 0 Å². The molecule has 0 bridgehead atoms. The molecule has 0 N–H and O–H groups in total. The summed E-state index contributed by atoms with van der Waals surface area (Å²) in [6.07, 6.45) is 6.29. The molecule has 0 saturated heterocycles. The third kappa shape index (κ3) is 2.18. The molecule has 1 nitrogen and oxygen atoms in total. The Kier molecular flexibility index (Phi) is 2.94. The van der Waals surface area contributed by atoms with Gasteiger partial charge in [-0.1, -0.05) is 19.4 Å². The largest absolute Gasteiger partial charge is 0.261 e. The van der Waals surface area contributed by atoms with Crippen LogP contribution in [0.25, 0.3) is 0 Å². The first-order valence-corrected chi connectivity index (χ1v) is 3.67. The lowest BCUT2D eigenvalue weighted by Crippen LogP contribution is -1.84. The molecule has 0 atom stereocenters. The first-order chi connectivity index (χ1) is 4.93. The van der Waals surface area contributed by atoms with Gasteiger partial charge in [-0.2, -0.15) is 0 Å². The standard InChI is InChI=1S/C9H12N/c1-2-3-6-9-7-4-5-8-10-9/h4-8H,2-3H2,1H3. The lowest BCUT2D eigenvalue weighted by Gasteiger charge is -1.94. The van der Waals surface area contributed by atoms with Crippen LogP contribution in [0.5, 0.6) is 0 Å². The molecule has 1 aromatic rings. The molecular weight excluding hydrogens is 122 g/mol. The van der Waals surface area contributed by atoms with Crippen LogP contribution in [-0.2, 0) is 0 Å². The summed E-state index contributed by atoms with van der Waals surface area (Å²) in [5, 5.41) is 0. The molecular formula is C9H12N. The summed E-state index contributed by atoms with van der Waals surface area (Å²) >= 11 is 0. The van der Waals surface area contributed by atoms with Crippen LogP contribution in [-0.4, -0.2) is 4.98 Å². The van der Waals surface area contributed by atoms with E-state index in [-0.39, 0.29) is 0 Å². The van der Waals surface area contributed by atoms with Crippen molar-refractivity contribution in [2.45, 2.75) is 19.8 Å². The molecule has 1 rings (SSSR count). The van der Waals surface area contributed by atoms with Crippen LogP contribution >= 0.6 is 0 Å². The van der Waals surface area contributed by atoms with Gasteiger partial charge < -0.3 is 0 Å². The van der Waals surface area contributed by atoms with Crippen molar-refractivity contribution in [3.8, 4) is 0 Å². The summed E-state index contributed by atoms with van der Waals surface area (Å²) in [5.74, 6) is 0. The summed E-state index contributed by atoms with van der Waals surface area (Å²) in [6, 6.07) is 5.97. The van der Waals surface area contributed by atoms with Gasteiger partial charge in [-0.25, -0.2) is 0 Å². The van der Waals surface area contributed by atoms with Gasteiger partial charge in [0, 0.05) is 18.3 Å². The van der Waals surface area contributed by atoms with E-state index < -0.39 is 0 Å². The first-order valence-electron chi connectivity index (χ1n) is 3.67. The monoisotopic (exact) mass is 134 g/mol. The van der Waals surface area contributed by atoms with Crippen LogP contribution < -0.4 is 0 Å². The Labute approximate surface area is 62.1 Å². The van der Waals surface area contributed by atoms with Crippen molar-refractivity contribution >= 4 is 0 Å². The average Bonchev–Trinajstić information content (AvgIpc) is 2.03. The lowest BCUT2D eigenvalue weighted by molar-refractivity contribution is 0.901. The van der Waals surface area contributed by atoms with Crippen LogP contribution in [0.3, 0.4) is 0 Å². The molecule has 0 spiro atoms. The van der Waals surface area contributed by atoms with Gasteiger partial charge >= 0.3 is 0 Å². The molecule has 1 radical (unpaired) electrons. The predicted molar refractivity (Wildman–Crippen MR) is 42.5 cm³/mol. The molecule has 0 aliphatic heterocycles. The van der Waals surface area contributed by atoms with Crippen molar-refractivity contribution in [1.82, 2.24) is 4.98 Å². The zero-order valence-electron chi connectivity index (χ0n) is 6.25. The van der Waals surface area contributed by atoms with E-state index in [0.717, 1.165) is 12.1 Å². The number of pyridine rings is 1. The van der Waals surface area contributed by atoms with Crippen LogP contribution in [0.4, 0.5) is 0 Å². The Morgan fingerprint density at radius 1 is 1.50 bits per heavy atom. The van der Waals surface area contributed by atoms with Crippen molar-refractivity contribution in [1.29, 1.82) is 0 Å². The normalized spacial score (nSPS) is 9.70. The fourth-order valence-electron chi connectivity index (χ4n) is 0.789. The highest BCUT2D eigenvalue weighted by molar-refractivity contribution is 5.11. The number of unbranched alkanes of at least 4 members (excludes halogenated alkanes) is 1. The molecule has 0 aliphatic rings. The second-order valence-electron chi connectivity index (χ2n) is 2.25. The molecule has 0 saturated carbocycles.